The Balaban J connectivity index is 2.44. The Bertz CT molecular complexity index is 591. The SMILES string of the molecule is CCCC1C(=O)NC(=O)N(c2cccc(Cl)c2F)C1=O. The maximum absolute atomic E-state index is 14.0. The fraction of sp³-hybridized carbons (Fsp3) is 0.308. The molecule has 0 bridgehead atoms. The maximum Gasteiger partial charge on any atom is 0.335 e. The molecule has 0 aromatic heterocycles. The zero-order chi connectivity index (χ0) is 14.9. The van der Waals surface area contributed by atoms with Crippen molar-refractivity contribution >= 4 is 35.1 Å². The van der Waals surface area contributed by atoms with E-state index < -0.39 is 29.6 Å². The number of anilines is 1. The van der Waals surface area contributed by atoms with E-state index in [9.17, 15) is 18.8 Å². The second-order valence-corrected chi connectivity index (χ2v) is 4.79. The molecule has 1 N–H and O–H groups in total. The number of halogens is 2. The van der Waals surface area contributed by atoms with E-state index in [0.29, 0.717) is 11.3 Å². The van der Waals surface area contributed by atoms with Gasteiger partial charge >= 0.3 is 6.03 Å². The summed E-state index contributed by atoms with van der Waals surface area (Å²) >= 11 is 5.64. The van der Waals surface area contributed by atoms with Crippen molar-refractivity contribution in [3.05, 3.63) is 29.0 Å². The Labute approximate surface area is 119 Å². The number of carbonyl (C=O) groups is 3. The largest absolute Gasteiger partial charge is 0.335 e. The molecule has 1 fully saturated rings. The number of urea groups is 1. The molecule has 0 aliphatic carbocycles. The number of hydrogen-bond acceptors (Lipinski definition) is 3. The van der Waals surface area contributed by atoms with Gasteiger partial charge in [-0.1, -0.05) is 31.0 Å². The van der Waals surface area contributed by atoms with Gasteiger partial charge in [0.2, 0.25) is 11.8 Å². The first kappa shape index (κ1) is 14.5. The number of nitrogens with one attached hydrogen (secondary N) is 1. The first-order valence-corrected chi connectivity index (χ1v) is 6.48. The molecule has 2 rings (SSSR count). The standard InChI is InChI=1S/C13H12ClFN2O3/c1-2-4-7-11(18)16-13(20)17(12(7)19)9-6-3-5-8(14)10(9)15/h3,5-7H,2,4H2,1H3,(H,16,18,20). The van der Waals surface area contributed by atoms with Crippen LogP contribution < -0.4 is 10.2 Å². The Morgan fingerprint density at radius 2 is 2.05 bits per heavy atom. The van der Waals surface area contributed by atoms with Crippen LogP contribution in [0.3, 0.4) is 0 Å². The lowest BCUT2D eigenvalue weighted by atomic mass is 9.99. The van der Waals surface area contributed by atoms with Gasteiger partial charge in [0, 0.05) is 0 Å². The van der Waals surface area contributed by atoms with Crippen LogP contribution in [-0.2, 0) is 9.59 Å². The molecule has 0 saturated carbocycles. The summed E-state index contributed by atoms with van der Waals surface area (Å²) in [6.07, 6.45) is 0.876. The fourth-order valence-electron chi connectivity index (χ4n) is 2.05. The number of barbiturate groups is 1. The molecule has 0 spiro atoms. The molecule has 1 aromatic carbocycles. The van der Waals surface area contributed by atoms with Crippen molar-refractivity contribution in [2.45, 2.75) is 19.8 Å². The molecule has 4 amide bonds. The molecule has 1 aromatic rings. The second-order valence-electron chi connectivity index (χ2n) is 4.38. The first-order valence-electron chi connectivity index (χ1n) is 6.10. The summed E-state index contributed by atoms with van der Waals surface area (Å²) in [5, 5.41) is 1.86. The molecule has 20 heavy (non-hydrogen) atoms. The summed E-state index contributed by atoms with van der Waals surface area (Å²) in [4.78, 5) is 36.3. The molecule has 1 aliphatic rings. The lowest BCUT2D eigenvalue weighted by molar-refractivity contribution is -0.134. The normalized spacial score (nSPS) is 19.2. The zero-order valence-electron chi connectivity index (χ0n) is 10.7. The quantitative estimate of drug-likeness (QED) is 0.872. The van der Waals surface area contributed by atoms with E-state index >= 15 is 0 Å². The Morgan fingerprint density at radius 3 is 2.70 bits per heavy atom. The molecule has 106 valence electrons. The third-order valence-corrected chi connectivity index (χ3v) is 3.31. The summed E-state index contributed by atoms with van der Waals surface area (Å²) in [5.41, 5.74) is -0.256. The number of hydrogen-bond donors (Lipinski definition) is 1. The van der Waals surface area contributed by atoms with Crippen LogP contribution in [0.15, 0.2) is 18.2 Å². The number of benzene rings is 1. The average molecular weight is 299 g/mol. The Morgan fingerprint density at radius 1 is 1.35 bits per heavy atom. The van der Waals surface area contributed by atoms with Crippen LogP contribution in [0.1, 0.15) is 19.8 Å². The van der Waals surface area contributed by atoms with E-state index in [4.69, 9.17) is 11.6 Å². The van der Waals surface area contributed by atoms with E-state index in [-0.39, 0.29) is 17.1 Å². The molecule has 1 heterocycles. The molecular weight excluding hydrogens is 287 g/mol. The molecule has 1 aliphatic heterocycles. The van der Waals surface area contributed by atoms with Gasteiger partial charge in [0.15, 0.2) is 5.82 Å². The van der Waals surface area contributed by atoms with Crippen LogP contribution in [0.2, 0.25) is 5.02 Å². The summed E-state index contributed by atoms with van der Waals surface area (Å²) in [7, 11) is 0. The van der Waals surface area contributed by atoms with Gasteiger partial charge in [-0.25, -0.2) is 14.1 Å². The van der Waals surface area contributed by atoms with Crippen LogP contribution in [-0.4, -0.2) is 17.8 Å². The Hall–Kier alpha value is -1.95. The molecular formula is C13H12ClFN2O3. The third-order valence-electron chi connectivity index (χ3n) is 3.02. The highest BCUT2D eigenvalue weighted by atomic mass is 35.5. The fourth-order valence-corrected chi connectivity index (χ4v) is 2.22. The maximum atomic E-state index is 14.0. The van der Waals surface area contributed by atoms with Crippen molar-refractivity contribution in [2.24, 2.45) is 5.92 Å². The van der Waals surface area contributed by atoms with Gasteiger partial charge in [-0.3, -0.25) is 14.9 Å². The van der Waals surface area contributed by atoms with Crippen LogP contribution in [0.5, 0.6) is 0 Å². The van der Waals surface area contributed by atoms with Crippen molar-refractivity contribution in [3.63, 3.8) is 0 Å². The van der Waals surface area contributed by atoms with Crippen LogP contribution >= 0.6 is 11.6 Å². The minimum absolute atomic E-state index is 0.202. The molecule has 7 heteroatoms. The van der Waals surface area contributed by atoms with E-state index in [1.807, 2.05) is 0 Å². The highest BCUT2D eigenvalue weighted by Crippen LogP contribution is 2.29. The lowest BCUT2D eigenvalue weighted by Gasteiger charge is -2.30. The van der Waals surface area contributed by atoms with Gasteiger partial charge in [-0.15, -0.1) is 0 Å². The van der Waals surface area contributed by atoms with E-state index in [1.165, 1.54) is 18.2 Å². The Kier molecular flexibility index (Phi) is 4.04. The van der Waals surface area contributed by atoms with Crippen molar-refractivity contribution in [1.82, 2.24) is 5.32 Å². The number of carbonyl (C=O) groups excluding carboxylic acids is 3. The predicted molar refractivity (Wildman–Crippen MR) is 70.8 cm³/mol. The molecule has 1 saturated heterocycles. The number of nitrogens with zero attached hydrogens (tertiary/aromatic N) is 1. The minimum Gasteiger partial charge on any atom is -0.277 e. The number of imide groups is 2. The van der Waals surface area contributed by atoms with Crippen molar-refractivity contribution in [3.8, 4) is 0 Å². The van der Waals surface area contributed by atoms with Crippen molar-refractivity contribution < 1.29 is 18.8 Å². The first-order chi connectivity index (χ1) is 9.47. The lowest BCUT2D eigenvalue weighted by Crippen LogP contribution is -2.58. The van der Waals surface area contributed by atoms with Crippen LogP contribution in [0.25, 0.3) is 0 Å². The van der Waals surface area contributed by atoms with Gasteiger partial charge in [-0.2, -0.15) is 0 Å². The van der Waals surface area contributed by atoms with E-state index in [1.54, 1.807) is 6.92 Å². The van der Waals surface area contributed by atoms with Crippen LogP contribution in [0, 0.1) is 11.7 Å². The van der Waals surface area contributed by atoms with Crippen molar-refractivity contribution in [1.29, 1.82) is 0 Å². The zero-order valence-corrected chi connectivity index (χ0v) is 11.4. The number of amides is 4. The van der Waals surface area contributed by atoms with Crippen molar-refractivity contribution in [2.75, 3.05) is 4.90 Å². The van der Waals surface area contributed by atoms with E-state index in [0.717, 1.165) is 0 Å². The third kappa shape index (κ3) is 2.38. The van der Waals surface area contributed by atoms with Gasteiger partial charge in [-0.05, 0) is 18.6 Å². The topological polar surface area (TPSA) is 66.5 Å². The van der Waals surface area contributed by atoms with Gasteiger partial charge in [0.1, 0.15) is 5.92 Å². The monoisotopic (exact) mass is 298 g/mol. The highest BCUT2D eigenvalue weighted by molar-refractivity contribution is 6.32. The van der Waals surface area contributed by atoms with E-state index in [2.05, 4.69) is 5.32 Å². The summed E-state index contributed by atoms with van der Waals surface area (Å²) in [5.74, 6) is -3.25. The van der Waals surface area contributed by atoms with Gasteiger partial charge < -0.3 is 0 Å². The summed E-state index contributed by atoms with van der Waals surface area (Å²) in [6.45, 7) is 1.81. The predicted octanol–water partition coefficient (Wildman–Crippen LogP) is 2.48. The molecule has 5 nitrogen and oxygen atoms in total. The summed E-state index contributed by atoms with van der Waals surface area (Å²) in [6, 6.07) is 3.03. The van der Waals surface area contributed by atoms with Gasteiger partial charge in [0.25, 0.3) is 0 Å². The molecule has 1 unspecified atom stereocenters. The van der Waals surface area contributed by atoms with Crippen LogP contribution in [0.4, 0.5) is 14.9 Å². The van der Waals surface area contributed by atoms with Gasteiger partial charge in [0.05, 0.1) is 10.7 Å². The average Bonchev–Trinajstić information content (AvgIpc) is 2.39. The number of rotatable bonds is 3. The molecule has 0 radical (unpaired) electrons. The second kappa shape index (κ2) is 5.58. The smallest absolute Gasteiger partial charge is 0.277 e. The molecule has 1 atom stereocenters. The highest BCUT2D eigenvalue weighted by Gasteiger charge is 2.41. The minimum atomic E-state index is -0.990. The summed E-state index contributed by atoms with van der Waals surface area (Å²) < 4.78 is 14.0.